The van der Waals surface area contributed by atoms with Crippen LogP contribution < -0.4 is 5.32 Å². The van der Waals surface area contributed by atoms with E-state index in [4.69, 9.17) is 0 Å². The van der Waals surface area contributed by atoms with Crippen LogP contribution in [0.25, 0.3) is 0 Å². The Bertz CT molecular complexity index is 962. The predicted molar refractivity (Wildman–Crippen MR) is 119 cm³/mol. The molecule has 0 aromatic heterocycles. The maximum absolute atomic E-state index is 12.6. The second-order valence-electron chi connectivity index (χ2n) is 7.90. The van der Waals surface area contributed by atoms with Gasteiger partial charge < -0.3 is 10.2 Å². The van der Waals surface area contributed by atoms with Gasteiger partial charge in [-0.2, -0.15) is 8.78 Å². The van der Waals surface area contributed by atoms with Crippen molar-refractivity contribution in [1.82, 2.24) is 15.1 Å². The third-order valence-electron chi connectivity index (χ3n) is 5.58. The van der Waals surface area contributed by atoms with Crippen molar-refractivity contribution in [3.8, 4) is 0 Å². The second-order valence-corrected chi connectivity index (χ2v) is 9.81. The van der Waals surface area contributed by atoms with Crippen molar-refractivity contribution in [1.29, 1.82) is 0 Å². The number of carbonyl (C=O) groups excluding carboxylic acids is 1. The van der Waals surface area contributed by atoms with E-state index in [2.05, 4.69) is 39.4 Å². The lowest BCUT2D eigenvalue weighted by molar-refractivity contribution is 0.0951. The second kappa shape index (κ2) is 11.5. The number of benzene rings is 2. The van der Waals surface area contributed by atoms with Crippen molar-refractivity contribution >= 4 is 15.7 Å². The van der Waals surface area contributed by atoms with Crippen molar-refractivity contribution in [2.75, 3.05) is 39.3 Å². The Balaban J connectivity index is 1.31. The van der Waals surface area contributed by atoms with E-state index < -0.39 is 20.5 Å². The number of hydrogen-bond acceptors (Lipinski definition) is 5. The molecule has 0 saturated carbocycles. The molecule has 1 N–H and O–H groups in total. The molecule has 1 heterocycles. The molecule has 2 aromatic rings. The fraction of sp³-hybridized carbons (Fsp3) is 0.435. The van der Waals surface area contributed by atoms with E-state index in [0.717, 1.165) is 64.2 Å². The minimum Gasteiger partial charge on any atom is -0.352 e. The van der Waals surface area contributed by atoms with Crippen LogP contribution in [-0.2, 0) is 16.4 Å². The first-order valence-corrected chi connectivity index (χ1v) is 12.3. The number of rotatable bonds is 10. The molecule has 0 unspecified atom stereocenters. The van der Waals surface area contributed by atoms with Gasteiger partial charge in [-0.3, -0.25) is 9.69 Å². The largest absolute Gasteiger partial charge is 0.352 e. The predicted octanol–water partition coefficient (Wildman–Crippen LogP) is 3.01. The summed E-state index contributed by atoms with van der Waals surface area (Å²) in [5.41, 5.74) is 1.58. The van der Waals surface area contributed by atoms with Crippen LogP contribution >= 0.6 is 0 Å². The van der Waals surface area contributed by atoms with Crippen LogP contribution in [0.1, 0.15) is 28.8 Å². The van der Waals surface area contributed by atoms with Crippen molar-refractivity contribution in [2.45, 2.75) is 30.0 Å². The van der Waals surface area contributed by atoms with Crippen LogP contribution in [0.5, 0.6) is 0 Å². The standard InChI is InChI=1S/C23H29F2N3O3S/c24-23(25)32(30,31)21-10-8-20(9-11-21)22(29)26-12-4-5-13-27-14-16-28(17-15-27)18-19-6-2-1-3-7-19/h1-3,6-11,23H,4-5,12-18H2,(H,26,29). The average molecular weight is 466 g/mol. The fourth-order valence-electron chi connectivity index (χ4n) is 3.68. The summed E-state index contributed by atoms with van der Waals surface area (Å²) in [4.78, 5) is 16.6. The average Bonchev–Trinajstić information content (AvgIpc) is 2.80. The molecule has 1 fully saturated rings. The van der Waals surface area contributed by atoms with Crippen molar-refractivity contribution in [2.24, 2.45) is 0 Å². The highest BCUT2D eigenvalue weighted by Gasteiger charge is 2.26. The highest BCUT2D eigenvalue weighted by molar-refractivity contribution is 7.91. The summed E-state index contributed by atoms with van der Waals surface area (Å²) in [6.07, 6.45) is 1.79. The van der Waals surface area contributed by atoms with Crippen molar-refractivity contribution in [3.63, 3.8) is 0 Å². The Morgan fingerprint density at radius 2 is 1.53 bits per heavy atom. The molecular formula is C23H29F2N3O3S. The topological polar surface area (TPSA) is 69.7 Å². The highest BCUT2D eigenvalue weighted by Crippen LogP contribution is 2.18. The number of unbranched alkanes of at least 4 members (excludes halogenated alkanes) is 1. The molecule has 3 rings (SSSR count). The Hall–Kier alpha value is -2.36. The van der Waals surface area contributed by atoms with E-state index in [9.17, 15) is 22.0 Å². The van der Waals surface area contributed by atoms with E-state index in [0.29, 0.717) is 6.54 Å². The molecular weight excluding hydrogens is 436 g/mol. The first-order valence-electron chi connectivity index (χ1n) is 10.8. The molecule has 1 saturated heterocycles. The summed E-state index contributed by atoms with van der Waals surface area (Å²) in [6.45, 7) is 6.63. The number of hydrogen-bond donors (Lipinski definition) is 1. The summed E-state index contributed by atoms with van der Waals surface area (Å²) < 4.78 is 48.0. The molecule has 32 heavy (non-hydrogen) atoms. The zero-order valence-electron chi connectivity index (χ0n) is 17.9. The van der Waals surface area contributed by atoms with Gasteiger partial charge in [-0.1, -0.05) is 30.3 Å². The van der Waals surface area contributed by atoms with Crippen LogP contribution in [0, 0.1) is 0 Å². The molecule has 1 aliphatic rings. The molecule has 9 heteroatoms. The lowest BCUT2D eigenvalue weighted by atomic mass is 10.2. The number of halogens is 2. The first-order chi connectivity index (χ1) is 15.4. The number of piperazine rings is 1. The van der Waals surface area contributed by atoms with Crippen LogP contribution in [0.3, 0.4) is 0 Å². The number of alkyl halides is 2. The number of carbonyl (C=O) groups is 1. The Kier molecular flexibility index (Phi) is 8.72. The van der Waals surface area contributed by atoms with Gasteiger partial charge >= 0.3 is 5.76 Å². The zero-order valence-corrected chi connectivity index (χ0v) is 18.7. The summed E-state index contributed by atoms with van der Waals surface area (Å²) in [7, 11) is -4.65. The molecule has 1 amide bonds. The normalized spacial score (nSPS) is 15.7. The van der Waals surface area contributed by atoms with Crippen LogP contribution in [0.15, 0.2) is 59.5 Å². The smallest absolute Gasteiger partial charge is 0.341 e. The first kappa shape index (κ1) is 24.3. The Morgan fingerprint density at radius 3 is 2.16 bits per heavy atom. The summed E-state index contributed by atoms with van der Waals surface area (Å²) >= 11 is 0. The number of nitrogens with one attached hydrogen (secondary N) is 1. The van der Waals surface area contributed by atoms with Gasteiger partial charge in [-0.05, 0) is 49.2 Å². The van der Waals surface area contributed by atoms with E-state index in [1.54, 1.807) is 0 Å². The van der Waals surface area contributed by atoms with Gasteiger partial charge in [-0.15, -0.1) is 0 Å². The maximum Gasteiger partial charge on any atom is 0.341 e. The third-order valence-corrected chi connectivity index (χ3v) is 6.98. The molecule has 0 aliphatic carbocycles. The third kappa shape index (κ3) is 6.82. The minimum absolute atomic E-state index is 0.243. The monoisotopic (exact) mass is 465 g/mol. The number of amides is 1. The lowest BCUT2D eigenvalue weighted by Crippen LogP contribution is -2.46. The Morgan fingerprint density at radius 1 is 0.906 bits per heavy atom. The lowest BCUT2D eigenvalue weighted by Gasteiger charge is -2.34. The molecule has 174 valence electrons. The molecule has 6 nitrogen and oxygen atoms in total. The fourth-order valence-corrected chi connectivity index (χ4v) is 4.40. The van der Waals surface area contributed by atoms with Gasteiger partial charge in [0.15, 0.2) is 0 Å². The summed E-state index contributed by atoms with van der Waals surface area (Å²) in [5, 5.41) is 2.79. The summed E-state index contributed by atoms with van der Waals surface area (Å²) in [5.74, 6) is -3.82. The summed E-state index contributed by atoms with van der Waals surface area (Å²) in [6, 6.07) is 15.0. The van der Waals surface area contributed by atoms with Gasteiger partial charge in [-0.25, -0.2) is 8.42 Å². The molecule has 2 aromatic carbocycles. The molecule has 0 atom stereocenters. The molecule has 0 bridgehead atoms. The number of nitrogens with zero attached hydrogens (tertiary/aromatic N) is 2. The van der Waals surface area contributed by atoms with Crippen LogP contribution in [0.4, 0.5) is 8.78 Å². The van der Waals surface area contributed by atoms with E-state index in [1.165, 1.54) is 17.7 Å². The van der Waals surface area contributed by atoms with Crippen molar-refractivity contribution in [3.05, 3.63) is 65.7 Å². The SMILES string of the molecule is O=C(NCCCCN1CCN(Cc2ccccc2)CC1)c1ccc(S(=O)(=O)C(F)F)cc1. The van der Waals surface area contributed by atoms with Crippen molar-refractivity contribution < 1.29 is 22.0 Å². The molecule has 1 aliphatic heterocycles. The van der Waals surface area contributed by atoms with Gasteiger partial charge in [0, 0.05) is 44.8 Å². The molecule has 0 radical (unpaired) electrons. The van der Waals surface area contributed by atoms with E-state index >= 15 is 0 Å². The Labute approximate surface area is 188 Å². The van der Waals surface area contributed by atoms with E-state index in [-0.39, 0.29) is 11.5 Å². The van der Waals surface area contributed by atoms with Crippen LogP contribution in [-0.4, -0.2) is 69.2 Å². The van der Waals surface area contributed by atoms with Gasteiger partial charge in [0.1, 0.15) is 0 Å². The quantitative estimate of drug-likeness (QED) is 0.547. The maximum atomic E-state index is 12.6. The van der Waals surface area contributed by atoms with Gasteiger partial charge in [0.2, 0.25) is 9.84 Å². The number of sulfone groups is 1. The zero-order chi connectivity index (χ0) is 23.0. The van der Waals surface area contributed by atoms with Gasteiger partial charge in [0.05, 0.1) is 4.90 Å². The highest BCUT2D eigenvalue weighted by atomic mass is 32.2. The molecule has 0 spiro atoms. The van der Waals surface area contributed by atoms with E-state index in [1.807, 2.05) is 6.07 Å². The minimum atomic E-state index is -4.65. The van der Waals surface area contributed by atoms with Gasteiger partial charge in [0.25, 0.3) is 5.91 Å². The van der Waals surface area contributed by atoms with Crippen LogP contribution in [0.2, 0.25) is 0 Å².